The minimum atomic E-state index is -1.31. The van der Waals surface area contributed by atoms with Crippen molar-refractivity contribution in [2.24, 2.45) is 0 Å². The Morgan fingerprint density at radius 3 is 2.36 bits per heavy atom. The molecule has 0 spiro atoms. The van der Waals surface area contributed by atoms with Gasteiger partial charge in [0.1, 0.15) is 0 Å². The molecule has 1 aromatic rings. The Morgan fingerprint density at radius 1 is 1.36 bits per heavy atom. The van der Waals surface area contributed by atoms with Crippen molar-refractivity contribution in [3.8, 4) is 0 Å². The Labute approximate surface area is 67.2 Å². The summed E-state index contributed by atoms with van der Waals surface area (Å²) >= 11 is 0. The van der Waals surface area contributed by atoms with E-state index in [1.165, 1.54) is 0 Å². The summed E-state index contributed by atoms with van der Waals surface area (Å²) in [7, 11) is -1.31. The molecule has 0 aliphatic carbocycles. The second kappa shape index (κ2) is 3.30. The van der Waals surface area contributed by atoms with E-state index in [0.29, 0.717) is 10.6 Å². The highest BCUT2D eigenvalue weighted by Crippen LogP contribution is 2.08. The van der Waals surface area contributed by atoms with Crippen LogP contribution in [-0.2, 0) is 10.8 Å². The minimum Gasteiger partial charge on any atom is -0.399 e. The summed E-state index contributed by atoms with van der Waals surface area (Å²) < 4.78 is 11.0. The van der Waals surface area contributed by atoms with E-state index in [1.807, 2.05) is 0 Å². The molecule has 11 heavy (non-hydrogen) atoms. The third-order valence-electron chi connectivity index (χ3n) is 1.22. The van der Waals surface area contributed by atoms with Gasteiger partial charge < -0.3 is 5.73 Å². The van der Waals surface area contributed by atoms with E-state index in [0.717, 1.165) is 5.55 Å². The molecular formula is C7H8N2OS. The molecule has 0 saturated carbocycles. The summed E-state index contributed by atoms with van der Waals surface area (Å²) in [5, 5.41) is 6.74. The first-order chi connectivity index (χ1) is 5.24. The summed E-state index contributed by atoms with van der Waals surface area (Å²) in [5.41, 5.74) is 6.94. The highest BCUT2D eigenvalue weighted by atomic mass is 32.2. The van der Waals surface area contributed by atoms with E-state index in [-0.39, 0.29) is 0 Å². The first-order valence-corrected chi connectivity index (χ1v) is 4.22. The molecule has 0 amide bonds. The van der Waals surface area contributed by atoms with Gasteiger partial charge in [-0.1, -0.05) is 0 Å². The molecule has 0 aliphatic heterocycles. The molecule has 0 bridgehead atoms. The number of benzene rings is 1. The average molecular weight is 168 g/mol. The molecular weight excluding hydrogens is 160 g/mol. The van der Waals surface area contributed by atoms with Crippen LogP contribution in [0.15, 0.2) is 29.2 Å². The second-order valence-electron chi connectivity index (χ2n) is 1.98. The van der Waals surface area contributed by atoms with Gasteiger partial charge in [-0.2, -0.15) is 0 Å². The van der Waals surface area contributed by atoms with Crippen LogP contribution in [0, 0.1) is 5.41 Å². The van der Waals surface area contributed by atoms with Crippen molar-refractivity contribution in [3.05, 3.63) is 24.3 Å². The third-order valence-corrected chi connectivity index (χ3v) is 2.17. The van der Waals surface area contributed by atoms with Gasteiger partial charge in [0.05, 0.1) is 16.3 Å². The van der Waals surface area contributed by atoms with Crippen molar-refractivity contribution >= 4 is 22.0 Å². The van der Waals surface area contributed by atoms with Gasteiger partial charge in [-0.05, 0) is 24.3 Å². The molecule has 0 aromatic heterocycles. The van der Waals surface area contributed by atoms with Crippen LogP contribution in [0.1, 0.15) is 0 Å². The summed E-state index contributed by atoms with van der Waals surface area (Å²) in [5.74, 6) is 0. The predicted octanol–water partition coefficient (Wildman–Crippen LogP) is 0.983. The van der Waals surface area contributed by atoms with Crippen LogP contribution in [0.4, 0.5) is 5.69 Å². The van der Waals surface area contributed by atoms with Gasteiger partial charge in [0.15, 0.2) is 0 Å². The maximum atomic E-state index is 11.0. The number of rotatable bonds is 2. The largest absolute Gasteiger partial charge is 0.399 e. The number of hydrogen-bond donors (Lipinski definition) is 2. The Bertz CT molecular complexity index is 281. The van der Waals surface area contributed by atoms with Crippen molar-refractivity contribution in [1.29, 1.82) is 5.41 Å². The quantitative estimate of drug-likeness (QED) is 0.393. The van der Waals surface area contributed by atoms with Gasteiger partial charge in [-0.3, -0.25) is 5.41 Å². The normalized spacial score (nSPS) is 12.4. The lowest BCUT2D eigenvalue weighted by Gasteiger charge is -1.95. The Balaban J connectivity index is 2.98. The molecule has 0 radical (unpaired) electrons. The second-order valence-corrected chi connectivity index (χ2v) is 3.29. The molecule has 3 nitrogen and oxygen atoms in total. The van der Waals surface area contributed by atoms with Crippen LogP contribution in [0.25, 0.3) is 0 Å². The Kier molecular flexibility index (Phi) is 2.38. The van der Waals surface area contributed by atoms with E-state index < -0.39 is 10.8 Å². The van der Waals surface area contributed by atoms with Gasteiger partial charge in [0, 0.05) is 10.6 Å². The zero-order valence-electron chi connectivity index (χ0n) is 5.78. The fourth-order valence-corrected chi connectivity index (χ4v) is 1.21. The zero-order chi connectivity index (χ0) is 8.27. The molecule has 3 N–H and O–H groups in total. The fourth-order valence-electron chi connectivity index (χ4n) is 0.670. The Morgan fingerprint density at radius 2 is 1.91 bits per heavy atom. The van der Waals surface area contributed by atoms with Gasteiger partial charge in [-0.15, -0.1) is 0 Å². The van der Waals surface area contributed by atoms with Crippen LogP contribution in [0.2, 0.25) is 0 Å². The topological polar surface area (TPSA) is 66.9 Å². The standard InChI is InChI=1S/C7H8N2OS/c8-5-11(10)7-3-1-6(9)2-4-7/h1-5,8H,9H2. The van der Waals surface area contributed by atoms with Crippen molar-refractivity contribution in [1.82, 2.24) is 0 Å². The number of nitrogens with one attached hydrogen (secondary N) is 1. The lowest BCUT2D eigenvalue weighted by Crippen LogP contribution is -1.91. The van der Waals surface area contributed by atoms with E-state index in [2.05, 4.69) is 0 Å². The molecule has 0 aliphatic rings. The SMILES string of the molecule is N=CS(=O)c1ccc(N)cc1. The number of nitrogens with two attached hydrogens (primary N) is 1. The lowest BCUT2D eigenvalue weighted by atomic mass is 10.3. The van der Waals surface area contributed by atoms with Gasteiger partial charge >= 0.3 is 0 Å². The third kappa shape index (κ3) is 1.88. The molecule has 58 valence electrons. The highest BCUT2D eigenvalue weighted by molar-refractivity contribution is 7.98. The monoisotopic (exact) mass is 168 g/mol. The van der Waals surface area contributed by atoms with Crippen molar-refractivity contribution in [2.75, 3.05) is 5.73 Å². The van der Waals surface area contributed by atoms with Crippen LogP contribution < -0.4 is 5.73 Å². The summed E-state index contributed by atoms with van der Waals surface area (Å²) in [6, 6.07) is 6.63. The van der Waals surface area contributed by atoms with E-state index in [9.17, 15) is 4.21 Å². The van der Waals surface area contributed by atoms with Gasteiger partial charge in [0.2, 0.25) is 0 Å². The van der Waals surface area contributed by atoms with Crippen molar-refractivity contribution < 1.29 is 4.21 Å². The van der Waals surface area contributed by atoms with Crippen LogP contribution >= 0.6 is 0 Å². The van der Waals surface area contributed by atoms with Crippen LogP contribution in [-0.4, -0.2) is 9.76 Å². The van der Waals surface area contributed by atoms with Gasteiger partial charge in [0.25, 0.3) is 0 Å². The maximum absolute atomic E-state index is 11.0. The molecule has 0 fully saturated rings. The first-order valence-electron chi connectivity index (χ1n) is 3.01. The molecule has 0 saturated heterocycles. The molecule has 1 atom stereocenters. The molecule has 0 heterocycles. The average Bonchev–Trinajstić information content (AvgIpc) is 2.05. The van der Waals surface area contributed by atoms with Crippen molar-refractivity contribution in [2.45, 2.75) is 4.90 Å². The maximum Gasteiger partial charge on any atom is 0.0954 e. The van der Waals surface area contributed by atoms with E-state index in [4.69, 9.17) is 11.1 Å². The Hall–Kier alpha value is -1.16. The number of hydrogen-bond acceptors (Lipinski definition) is 3. The van der Waals surface area contributed by atoms with Gasteiger partial charge in [-0.25, -0.2) is 4.21 Å². The lowest BCUT2D eigenvalue weighted by molar-refractivity contribution is 0.690. The van der Waals surface area contributed by atoms with E-state index in [1.54, 1.807) is 24.3 Å². The predicted molar refractivity (Wildman–Crippen MR) is 46.0 cm³/mol. The highest BCUT2D eigenvalue weighted by Gasteiger charge is 1.97. The first kappa shape index (κ1) is 7.94. The summed E-state index contributed by atoms with van der Waals surface area (Å²) in [6.45, 7) is 0. The van der Waals surface area contributed by atoms with Crippen molar-refractivity contribution in [3.63, 3.8) is 0 Å². The van der Waals surface area contributed by atoms with Crippen LogP contribution in [0.3, 0.4) is 0 Å². The van der Waals surface area contributed by atoms with E-state index >= 15 is 0 Å². The molecule has 1 rings (SSSR count). The minimum absolute atomic E-state index is 0.606. The summed E-state index contributed by atoms with van der Waals surface area (Å²) in [4.78, 5) is 0.606. The molecule has 4 heteroatoms. The smallest absolute Gasteiger partial charge is 0.0954 e. The number of nitrogen functional groups attached to an aromatic ring is 1. The molecule has 1 aromatic carbocycles. The van der Waals surface area contributed by atoms with Crippen LogP contribution in [0.5, 0.6) is 0 Å². The molecule has 1 unspecified atom stereocenters. The zero-order valence-corrected chi connectivity index (χ0v) is 6.60. The fraction of sp³-hybridized carbons (Fsp3) is 0. The number of anilines is 1. The summed E-state index contributed by atoms with van der Waals surface area (Å²) in [6.07, 6.45) is 0.